The molecule has 0 spiro atoms. The summed E-state index contributed by atoms with van der Waals surface area (Å²) in [6, 6.07) is 2.05. The molecule has 0 amide bonds. The van der Waals surface area contributed by atoms with Gasteiger partial charge < -0.3 is 9.64 Å². The van der Waals surface area contributed by atoms with Crippen molar-refractivity contribution < 1.29 is 4.74 Å². The Bertz CT molecular complexity index is 355. The minimum absolute atomic E-state index is 0.718. The van der Waals surface area contributed by atoms with Crippen molar-refractivity contribution in [2.45, 2.75) is 13.8 Å². The highest BCUT2D eigenvalue weighted by molar-refractivity contribution is 5.40. The Labute approximate surface area is 102 Å². The van der Waals surface area contributed by atoms with Crippen molar-refractivity contribution in [3.63, 3.8) is 0 Å². The van der Waals surface area contributed by atoms with Crippen molar-refractivity contribution in [3.8, 4) is 0 Å². The van der Waals surface area contributed by atoms with Crippen molar-refractivity contribution >= 4 is 5.82 Å². The van der Waals surface area contributed by atoms with E-state index in [9.17, 15) is 0 Å². The van der Waals surface area contributed by atoms with E-state index in [2.05, 4.69) is 25.8 Å². The molecule has 1 aliphatic rings. The number of nitrogens with zero attached hydrogens (tertiary/aromatic N) is 4. The van der Waals surface area contributed by atoms with Crippen LogP contribution in [-0.2, 0) is 4.74 Å². The summed E-state index contributed by atoms with van der Waals surface area (Å²) in [7, 11) is 1.74. The molecule has 1 aromatic heterocycles. The van der Waals surface area contributed by atoms with Gasteiger partial charge in [-0.2, -0.15) is 0 Å². The number of rotatable bonds is 3. The monoisotopic (exact) mass is 236 g/mol. The lowest BCUT2D eigenvalue weighted by Crippen LogP contribution is -2.47. The molecule has 0 radical (unpaired) electrons. The van der Waals surface area contributed by atoms with Crippen molar-refractivity contribution in [3.05, 3.63) is 17.6 Å². The topological polar surface area (TPSA) is 41.5 Å². The molecule has 1 fully saturated rings. The Balaban J connectivity index is 2.00. The second kappa shape index (κ2) is 5.42. The summed E-state index contributed by atoms with van der Waals surface area (Å²) in [6.45, 7) is 8.72. The highest BCUT2D eigenvalue weighted by Gasteiger charge is 2.18. The van der Waals surface area contributed by atoms with Gasteiger partial charge in [-0.25, -0.2) is 9.97 Å². The molecule has 1 aliphatic heterocycles. The predicted molar refractivity (Wildman–Crippen MR) is 67.2 cm³/mol. The fourth-order valence-electron chi connectivity index (χ4n) is 2.15. The van der Waals surface area contributed by atoms with Gasteiger partial charge in [0, 0.05) is 45.0 Å². The highest BCUT2D eigenvalue weighted by atomic mass is 16.5. The zero-order valence-corrected chi connectivity index (χ0v) is 10.8. The molecule has 0 unspecified atom stereocenters. The molecule has 0 N–H and O–H groups in total. The fraction of sp³-hybridized carbons (Fsp3) is 0.667. The summed E-state index contributed by atoms with van der Waals surface area (Å²) in [5.41, 5.74) is 1.03. The first kappa shape index (κ1) is 12.3. The van der Waals surface area contributed by atoms with Crippen LogP contribution in [0.15, 0.2) is 6.07 Å². The van der Waals surface area contributed by atoms with Crippen molar-refractivity contribution in [2.24, 2.45) is 0 Å². The van der Waals surface area contributed by atoms with Crippen LogP contribution in [0.25, 0.3) is 0 Å². The van der Waals surface area contributed by atoms with Crippen molar-refractivity contribution in [2.75, 3.05) is 44.9 Å². The van der Waals surface area contributed by atoms with Crippen LogP contribution in [-0.4, -0.2) is 54.9 Å². The quantitative estimate of drug-likeness (QED) is 0.777. The first-order valence-corrected chi connectivity index (χ1v) is 5.97. The first-order chi connectivity index (χ1) is 8.19. The Kier molecular flexibility index (Phi) is 3.91. The highest BCUT2D eigenvalue weighted by Crippen LogP contribution is 2.14. The van der Waals surface area contributed by atoms with Gasteiger partial charge in [0.05, 0.1) is 6.73 Å². The Hall–Kier alpha value is -1.20. The lowest BCUT2D eigenvalue weighted by molar-refractivity contribution is 0.0595. The number of aromatic nitrogens is 2. The maximum absolute atomic E-state index is 5.14. The lowest BCUT2D eigenvalue weighted by Gasteiger charge is -2.34. The standard InChI is InChI=1S/C12H20N4O/c1-10-8-12(14-11(2)13-10)16-6-4-15(5-7-16)9-17-3/h8H,4-7,9H2,1-3H3. The van der Waals surface area contributed by atoms with Gasteiger partial charge in [-0.3, -0.25) is 4.90 Å². The minimum Gasteiger partial charge on any atom is -0.369 e. The van der Waals surface area contributed by atoms with Gasteiger partial charge in [-0.1, -0.05) is 0 Å². The summed E-state index contributed by atoms with van der Waals surface area (Å²) >= 11 is 0. The van der Waals surface area contributed by atoms with E-state index in [1.165, 1.54) is 0 Å². The number of hydrogen-bond acceptors (Lipinski definition) is 5. The average molecular weight is 236 g/mol. The van der Waals surface area contributed by atoms with E-state index in [4.69, 9.17) is 4.74 Å². The number of hydrogen-bond donors (Lipinski definition) is 0. The summed E-state index contributed by atoms with van der Waals surface area (Å²) in [4.78, 5) is 13.4. The largest absolute Gasteiger partial charge is 0.369 e. The number of ether oxygens (including phenoxy) is 1. The Morgan fingerprint density at radius 2 is 1.88 bits per heavy atom. The maximum Gasteiger partial charge on any atom is 0.132 e. The summed E-state index contributed by atoms with van der Waals surface area (Å²) < 4.78 is 5.14. The van der Waals surface area contributed by atoms with Crippen LogP contribution in [0.4, 0.5) is 5.82 Å². The van der Waals surface area contributed by atoms with Crippen LogP contribution < -0.4 is 4.90 Å². The van der Waals surface area contributed by atoms with Crippen LogP contribution in [0.5, 0.6) is 0 Å². The third-order valence-electron chi connectivity index (χ3n) is 2.96. The SMILES string of the molecule is COCN1CCN(c2cc(C)nc(C)n2)CC1. The molecule has 1 saturated heterocycles. The molecule has 17 heavy (non-hydrogen) atoms. The molecular formula is C12H20N4O. The zero-order valence-electron chi connectivity index (χ0n) is 10.8. The van der Waals surface area contributed by atoms with Crippen LogP contribution >= 0.6 is 0 Å². The summed E-state index contributed by atoms with van der Waals surface area (Å²) in [6.07, 6.45) is 0. The van der Waals surface area contributed by atoms with Gasteiger partial charge in [0.25, 0.3) is 0 Å². The van der Waals surface area contributed by atoms with Crippen LogP contribution in [0, 0.1) is 13.8 Å². The van der Waals surface area contributed by atoms with E-state index in [0.29, 0.717) is 0 Å². The van der Waals surface area contributed by atoms with Crippen LogP contribution in [0.3, 0.4) is 0 Å². The maximum atomic E-state index is 5.14. The minimum atomic E-state index is 0.718. The average Bonchev–Trinajstić information content (AvgIpc) is 2.29. The van der Waals surface area contributed by atoms with Gasteiger partial charge in [-0.05, 0) is 13.8 Å². The molecule has 5 nitrogen and oxygen atoms in total. The van der Waals surface area contributed by atoms with Crippen molar-refractivity contribution in [1.82, 2.24) is 14.9 Å². The molecule has 0 aliphatic carbocycles. The number of methoxy groups -OCH3 is 1. The third kappa shape index (κ3) is 3.14. The van der Waals surface area contributed by atoms with Gasteiger partial charge in [0.1, 0.15) is 11.6 Å². The molecule has 2 rings (SSSR count). The molecule has 0 atom stereocenters. The molecule has 1 aromatic rings. The van der Waals surface area contributed by atoms with Crippen molar-refractivity contribution in [1.29, 1.82) is 0 Å². The van der Waals surface area contributed by atoms with E-state index in [1.54, 1.807) is 7.11 Å². The van der Waals surface area contributed by atoms with Gasteiger partial charge in [0.15, 0.2) is 0 Å². The van der Waals surface area contributed by atoms with Crippen LogP contribution in [0.2, 0.25) is 0 Å². The second-order valence-corrected chi connectivity index (χ2v) is 4.44. The second-order valence-electron chi connectivity index (χ2n) is 4.44. The molecule has 0 saturated carbocycles. The number of aryl methyl sites for hydroxylation is 2. The lowest BCUT2D eigenvalue weighted by atomic mass is 10.3. The normalized spacial score (nSPS) is 17.5. The molecule has 0 bridgehead atoms. The van der Waals surface area contributed by atoms with E-state index >= 15 is 0 Å². The number of piperazine rings is 1. The van der Waals surface area contributed by atoms with Crippen LogP contribution in [0.1, 0.15) is 11.5 Å². The molecule has 0 aromatic carbocycles. The molecule has 5 heteroatoms. The zero-order chi connectivity index (χ0) is 12.3. The Morgan fingerprint density at radius 3 is 2.47 bits per heavy atom. The molecule has 94 valence electrons. The summed E-state index contributed by atoms with van der Waals surface area (Å²) in [5.74, 6) is 1.89. The Morgan fingerprint density at radius 1 is 1.18 bits per heavy atom. The van der Waals surface area contributed by atoms with E-state index < -0.39 is 0 Å². The van der Waals surface area contributed by atoms with Gasteiger partial charge >= 0.3 is 0 Å². The molecular weight excluding hydrogens is 216 g/mol. The summed E-state index contributed by atoms with van der Waals surface area (Å²) in [5, 5.41) is 0. The van der Waals surface area contributed by atoms with Gasteiger partial charge in [0.2, 0.25) is 0 Å². The smallest absolute Gasteiger partial charge is 0.132 e. The number of anilines is 1. The molecule has 2 heterocycles. The van der Waals surface area contributed by atoms with E-state index in [-0.39, 0.29) is 0 Å². The first-order valence-electron chi connectivity index (χ1n) is 5.97. The van der Waals surface area contributed by atoms with Gasteiger partial charge in [-0.15, -0.1) is 0 Å². The van der Waals surface area contributed by atoms with E-state index in [1.807, 2.05) is 13.8 Å². The predicted octanol–water partition coefficient (Wildman–Crippen LogP) is 0.819. The third-order valence-corrected chi connectivity index (χ3v) is 2.96. The fourth-order valence-corrected chi connectivity index (χ4v) is 2.15. The van der Waals surface area contributed by atoms with E-state index in [0.717, 1.165) is 50.2 Å².